The summed E-state index contributed by atoms with van der Waals surface area (Å²) < 4.78 is 6.24. The highest BCUT2D eigenvalue weighted by Crippen LogP contribution is 2.28. The molecule has 1 aromatic rings. The maximum Gasteiger partial charge on any atom is 0.241 e. The zero-order valence-electron chi connectivity index (χ0n) is 16.9. The first kappa shape index (κ1) is 23.5. The van der Waals surface area contributed by atoms with Crippen LogP contribution in [-0.2, 0) is 11.3 Å². The van der Waals surface area contributed by atoms with E-state index >= 15 is 0 Å². The molecule has 6 nitrogen and oxygen atoms in total. The number of amides is 1. The highest BCUT2D eigenvalue weighted by molar-refractivity contribution is 14.0. The molecule has 1 fully saturated rings. The fraction of sp³-hybridized carbons (Fsp3) is 0.600. The Morgan fingerprint density at radius 2 is 1.96 bits per heavy atom. The van der Waals surface area contributed by atoms with E-state index in [2.05, 4.69) is 40.7 Å². The molecule has 0 radical (unpaired) electrons. The molecule has 1 saturated carbocycles. The van der Waals surface area contributed by atoms with E-state index in [9.17, 15) is 4.79 Å². The fourth-order valence-electron chi connectivity index (χ4n) is 2.91. The van der Waals surface area contributed by atoms with Crippen molar-refractivity contribution in [2.75, 3.05) is 27.2 Å². The van der Waals surface area contributed by atoms with Crippen molar-refractivity contribution in [3.8, 4) is 5.75 Å². The summed E-state index contributed by atoms with van der Waals surface area (Å²) in [5.41, 5.74) is 2.26. The van der Waals surface area contributed by atoms with E-state index in [1.54, 1.807) is 19.0 Å². The maximum absolute atomic E-state index is 11.8. The van der Waals surface area contributed by atoms with Crippen molar-refractivity contribution in [3.05, 3.63) is 29.3 Å². The minimum absolute atomic E-state index is 0. The van der Waals surface area contributed by atoms with E-state index in [1.807, 2.05) is 6.92 Å². The van der Waals surface area contributed by atoms with Crippen molar-refractivity contribution in [2.45, 2.75) is 52.2 Å². The van der Waals surface area contributed by atoms with Crippen LogP contribution in [0.4, 0.5) is 0 Å². The highest BCUT2D eigenvalue weighted by atomic mass is 127. The SMILES string of the molecule is CCNC(=NCc1ccc(C)cc1OC1CCCC1)NCC(=O)N(C)C.I. The third-order valence-electron chi connectivity index (χ3n) is 4.48. The molecule has 0 heterocycles. The lowest BCUT2D eigenvalue weighted by molar-refractivity contribution is -0.127. The summed E-state index contributed by atoms with van der Waals surface area (Å²) in [4.78, 5) is 18.0. The number of guanidine groups is 1. The topological polar surface area (TPSA) is 66.0 Å². The summed E-state index contributed by atoms with van der Waals surface area (Å²) in [6.45, 7) is 5.55. The second-order valence-electron chi connectivity index (χ2n) is 6.97. The molecule has 1 aliphatic carbocycles. The van der Waals surface area contributed by atoms with Gasteiger partial charge in [0.1, 0.15) is 5.75 Å². The summed E-state index contributed by atoms with van der Waals surface area (Å²) in [5, 5.41) is 6.26. The predicted molar refractivity (Wildman–Crippen MR) is 121 cm³/mol. The van der Waals surface area contributed by atoms with Gasteiger partial charge in [-0.05, 0) is 51.2 Å². The number of nitrogens with one attached hydrogen (secondary N) is 2. The lowest BCUT2D eigenvalue weighted by Crippen LogP contribution is -2.42. The molecule has 0 spiro atoms. The molecule has 2 N–H and O–H groups in total. The average Bonchev–Trinajstić information content (AvgIpc) is 3.11. The lowest BCUT2D eigenvalue weighted by atomic mass is 10.1. The van der Waals surface area contributed by atoms with Gasteiger partial charge in [0, 0.05) is 26.2 Å². The van der Waals surface area contributed by atoms with Crippen LogP contribution in [0.3, 0.4) is 0 Å². The van der Waals surface area contributed by atoms with Crippen molar-refractivity contribution in [3.63, 3.8) is 0 Å². The molecule has 0 unspecified atom stereocenters. The smallest absolute Gasteiger partial charge is 0.241 e. The van der Waals surface area contributed by atoms with Gasteiger partial charge in [0.2, 0.25) is 5.91 Å². The number of aryl methyl sites for hydroxylation is 1. The minimum atomic E-state index is 0. The standard InChI is InChI=1S/C20H32N4O2.HI/c1-5-21-20(23-14-19(25)24(3)4)22-13-16-11-10-15(2)12-18(16)26-17-8-6-7-9-17;/h10-12,17H,5-9,13-14H2,1-4H3,(H2,21,22,23);1H. The molecular formula is C20H33IN4O2. The van der Waals surface area contributed by atoms with Crippen LogP contribution in [0.1, 0.15) is 43.7 Å². The van der Waals surface area contributed by atoms with Gasteiger partial charge < -0.3 is 20.3 Å². The Morgan fingerprint density at radius 1 is 1.26 bits per heavy atom. The van der Waals surface area contributed by atoms with Gasteiger partial charge in [-0.25, -0.2) is 4.99 Å². The lowest BCUT2D eigenvalue weighted by Gasteiger charge is -2.17. The van der Waals surface area contributed by atoms with Crippen LogP contribution in [0.2, 0.25) is 0 Å². The predicted octanol–water partition coefficient (Wildman–Crippen LogP) is 3.08. The number of rotatable bonds is 7. The quantitative estimate of drug-likeness (QED) is 0.352. The third kappa shape index (κ3) is 7.94. The molecule has 27 heavy (non-hydrogen) atoms. The third-order valence-corrected chi connectivity index (χ3v) is 4.48. The monoisotopic (exact) mass is 488 g/mol. The number of aliphatic imine (C=N–C) groups is 1. The summed E-state index contributed by atoms with van der Waals surface area (Å²) in [5.74, 6) is 1.58. The first-order valence-electron chi connectivity index (χ1n) is 9.48. The van der Waals surface area contributed by atoms with Crippen molar-refractivity contribution in [2.24, 2.45) is 4.99 Å². The molecule has 2 rings (SSSR count). The van der Waals surface area contributed by atoms with Gasteiger partial charge in [-0.15, -0.1) is 24.0 Å². The van der Waals surface area contributed by atoms with Crippen LogP contribution in [0.25, 0.3) is 0 Å². The van der Waals surface area contributed by atoms with Gasteiger partial charge >= 0.3 is 0 Å². The Bertz CT molecular complexity index is 628. The van der Waals surface area contributed by atoms with Gasteiger partial charge in [0.15, 0.2) is 5.96 Å². The summed E-state index contributed by atoms with van der Waals surface area (Å²) >= 11 is 0. The van der Waals surface area contributed by atoms with E-state index in [4.69, 9.17) is 4.74 Å². The zero-order chi connectivity index (χ0) is 18.9. The molecular weight excluding hydrogens is 455 g/mol. The minimum Gasteiger partial charge on any atom is -0.490 e. The normalized spacial score (nSPS) is 14.4. The van der Waals surface area contributed by atoms with E-state index in [0.29, 0.717) is 18.6 Å². The number of halogens is 1. The molecule has 1 aromatic carbocycles. The second kappa shape index (κ2) is 12.0. The van der Waals surface area contributed by atoms with Gasteiger partial charge in [-0.3, -0.25) is 4.79 Å². The molecule has 0 aromatic heterocycles. The first-order valence-corrected chi connectivity index (χ1v) is 9.48. The number of carbonyl (C=O) groups is 1. The van der Waals surface area contributed by atoms with E-state index in [-0.39, 0.29) is 36.4 Å². The first-order chi connectivity index (χ1) is 12.5. The molecule has 7 heteroatoms. The number of hydrogen-bond donors (Lipinski definition) is 2. The fourth-order valence-corrected chi connectivity index (χ4v) is 2.91. The number of hydrogen-bond acceptors (Lipinski definition) is 3. The Kier molecular flexibility index (Phi) is 10.5. The number of nitrogens with zero attached hydrogens (tertiary/aromatic N) is 2. The molecule has 1 amide bonds. The maximum atomic E-state index is 11.8. The van der Waals surface area contributed by atoms with Crippen LogP contribution in [0, 0.1) is 6.92 Å². The number of carbonyl (C=O) groups excluding carboxylic acids is 1. The Morgan fingerprint density at radius 3 is 2.59 bits per heavy atom. The molecule has 0 bridgehead atoms. The van der Waals surface area contributed by atoms with E-state index < -0.39 is 0 Å². The van der Waals surface area contributed by atoms with Crippen LogP contribution in [0.5, 0.6) is 5.75 Å². The van der Waals surface area contributed by atoms with Gasteiger partial charge in [-0.2, -0.15) is 0 Å². The molecule has 0 saturated heterocycles. The second-order valence-corrected chi connectivity index (χ2v) is 6.97. The van der Waals surface area contributed by atoms with Gasteiger partial charge in [0.25, 0.3) is 0 Å². The van der Waals surface area contributed by atoms with E-state index in [0.717, 1.165) is 30.7 Å². The summed E-state index contributed by atoms with van der Waals surface area (Å²) in [6.07, 6.45) is 5.08. The Balaban J connectivity index is 0.00000364. The Labute approximate surface area is 180 Å². The number of ether oxygens (including phenoxy) is 1. The summed E-state index contributed by atoms with van der Waals surface area (Å²) in [6, 6.07) is 6.26. The Hall–Kier alpha value is -1.51. The molecule has 0 aliphatic heterocycles. The van der Waals surface area contributed by atoms with Crippen LogP contribution in [0.15, 0.2) is 23.2 Å². The van der Waals surface area contributed by atoms with Gasteiger partial charge in [0.05, 0.1) is 19.2 Å². The van der Waals surface area contributed by atoms with Crippen molar-refractivity contribution in [1.82, 2.24) is 15.5 Å². The van der Waals surface area contributed by atoms with Crippen LogP contribution < -0.4 is 15.4 Å². The number of benzene rings is 1. The van der Waals surface area contributed by atoms with Crippen molar-refractivity contribution >= 4 is 35.8 Å². The van der Waals surface area contributed by atoms with Gasteiger partial charge in [-0.1, -0.05) is 12.1 Å². The average molecular weight is 488 g/mol. The molecule has 0 atom stereocenters. The zero-order valence-corrected chi connectivity index (χ0v) is 19.2. The van der Waals surface area contributed by atoms with Crippen LogP contribution >= 0.6 is 24.0 Å². The van der Waals surface area contributed by atoms with Crippen molar-refractivity contribution in [1.29, 1.82) is 0 Å². The molecule has 152 valence electrons. The van der Waals surface area contributed by atoms with E-state index in [1.165, 1.54) is 18.4 Å². The highest BCUT2D eigenvalue weighted by Gasteiger charge is 2.18. The van der Waals surface area contributed by atoms with Crippen LogP contribution in [-0.4, -0.2) is 50.1 Å². The summed E-state index contributed by atoms with van der Waals surface area (Å²) in [7, 11) is 3.49. The largest absolute Gasteiger partial charge is 0.490 e. The van der Waals surface area contributed by atoms with Crippen molar-refractivity contribution < 1.29 is 9.53 Å². The number of likely N-dealkylation sites (N-methyl/N-ethyl adjacent to an activating group) is 1. The molecule has 1 aliphatic rings.